The molecule has 0 saturated carbocycles. The quantitative estimate of drug-likeness (QED) is 0.463. The van der Waals surface area contributed by atoms with Crippen molar-refractivity contribution in [1.82, 2.24) is 19.4 Å². The fourth-order valence-electron chi connectivity index (χ4n) is 5.21. The highest BCUT2D eigenvalue weighted by Gasteiger charge is 2.33. The summed E-state index contributed by atoms with van der Waals surface area (Å²) in [5, 5.41) is 0.771. The van der Waals surface area contributed by atoms with E-state index in [9.17, 15) is 0 Å². The van der Waals surface area contributed by atoms with Crippen LogP contribution in [0.4, 0.5) is 0 Å². The smallest absolute Gasteiger partial charge is 0.0953 e. The van der Waals surface area contributed by atoms with Crippen LogP contribution >= 0.6 is 11.6 Å². The zero-order valence-electron chi connectivity index (χ0n) is 19.6. The summed E-state index contributed by atoms with van der Waals surface area (Å²) < 4.78 is 2.12. The Morgan fingerprint density at radius 2 is 1.94 bits per heavy atom. The molecule has 0 radical (unpaired) electrons. The summed E-state index contributed by atoms with van der Waals surface area (Å²) in [5.41, 5.74) is 5.91. The summed E-state index contributed by atoms with van der Waals surface area (Å²) in [6.45, 7) is 6.65. The summed E-state index contributed by atoms with van der Waals surface area (Å²) in [6, 6.07) is 10.6. The average Bonchev–Trinajstić information content (AvgIpc) is 3.32. The number of nitrogens with zero attached hydrogens (tertiary/aromatic N) is 4. The van der Waals surface area contributed by atoms with Gasteiger partial charge in [-0.15, -0.1) is 0 Å². The molecule has 3 heterocycles. The number of hydrogen-bond acceptors (Lipinski definition) is 3. The van der Waals surface area contributed by atoms with E-state index in [1.807, 2.05) is 31.0 Å². The molecule has 0 amide bonds. The van der Waals surface area contributed by atoms with E-state index in [0.29, 0.717) is 5.92 Å². The predicted molar refractivity (Wildman–Crippen MR) is 136 cm³/mol. The number of imidazole rings is 1. The molecule has 1 saturated heterocycles. The summed E-state index contributed by atoms with van der Waals surface area (Å²) in [5.74, 6) is 0.833. The first kappa shape index (κ1) is 22.1. The van der Waals surface area contributed by atoms with E-state index >= 15 is 0 Å². The maximum atomic E-state index is 6.48. The number of likely N-dealkylation sites (tertiary alicyclic amines) is 1. The van der Waals surface area contributed by atoms with Gasteiger partial charge in [-0.25, -0.2) is 4.98 Å². The van der Waals surface area contributed by atoms with Gasteiger partial charge in [-0.3, -0.25) is 4.98 Å². The van der Waals surface area contributed by atoms with Gasteiger partial charge >= 0.3 is 0 Å². The largest absolute Gasteiger partial charge is 0.328 e. The van der Waals surface area contributed by atoms with Crippen molar-refractivity contribution in [2.75, 3.05) is 20.1 Å². The molecule has 0 N–H and O–H groups in total. The van der Waals surface area contributed by atoms with Gasteiger partial charge in [0.2, 0.25) is 0 Å². The van der Waals surface area contributed by atoms with E-state index in [2.05, 4.69) is 77.8 Å². The lowest BCUT2D eigenvalue weighted by Gasteiger charge is -2.35. The van der Waals surface area contributed by atoms with E-state index in [4.69, 9.17) is 16.6 Å². The van der Waals surface area contributed by atoms with Crippen LogP contribution in [0.3, 0.4) is 0 Å². The fourth-order valence-corrected chi connectivity index (χ4v) is 5.39. The van der Waals surface area contributed by atoms with Crippen LogP contribution in [0.15, 0.2) is 67.4 Å². The second-order valence-electron chi connectivity index (χ2n) is 9.88. The van der Waals surface area contributed by atoms with E-state index in [1.165, 1.54) is 40.8 Å². The lowest BCUT2D eigenvalue weighted by atomic mass is 9.76. The van der Waals surface area contributed by atoms with Gasteiger partial charge in [-0.2, -0.15) is 0 Å². The van der Waals surface area contributed by atoms with E-state index < -0.39 is 0 Å². The van der Waals surface area contributed by atoms with Crippen molar-refractivity contribution < 1.29 is 0 Å². The third kappa shape index (κ3) is 4.42. The number of benzene rings is 1. The Labute approximate surface area is 201 Å². The molecule has 1 fully saturated rings. The Morgan fingerprint density at radius 1 is 1.12 bits per heavy atom. The van der Waals surface area contributed by atoms with Gasteiger partial charge in [0.25, 0.3) is 0 Å². The second kappa shape index (κ2) is 8.92. The monoisotopic (exact) mass is 458 g/mol. The Balaban J connectivity index is 1.63. The molecule has 1 unspecified atom stereocenters. The zero-order valence-corrected chi connectivity index (χ0v) is 20.3. The molecule has 4 nitrogen and oxygen atoms in total. The van der Waals surface area contributed by atoms with Crippen molar-refractivity contribution in [2.45, 2.75) is 38.1 Å². The van der Waals surface area contributed by atoms with Gasteiger partial charge in [-0.05, 0) is 93.7 Å². The summed E-state index contributed by atoms with van der Waals surface area (Å²) in [6.07, 6.45) is 16.8. The first-order chi connectivity index (χ1) is 15.9. The number of allylic oxidation sites excluding steroid dienone is 3. The predicted octanol–water partition coefficient (Wildman–Crippen LogP) is 6.25. The van der Waals surface area contributed by atoms with Gasteiger partial charge < -0.3 is 9.47 Å². The molecular weight excluding hydrogens is 428 g/mol. The van der Waals surface area contributed by atoms with Crippen LogP contribution in [-0.2, 0) is 5.54 Å². The number of pyridine rings is 1. The molecule has 1 aliphatic heterocycles. The topological polar surface area (TPSA) is 34.0 Å². The Kier molecular flexibility index (Phi) is 5.98. The normalized spacial score (nSPS) is 19.8. The minimum atomic E-state index is -0.198. The minimum absolute atomic E-state index is 0.198. The van der Waals surface area contributed by atoms with Crippen molar-refractivity contribution in [3.63, 3.8) is 0 Å². The van der Waals surface area contributed by atoms with Crippen molar-refractivity contribution >= 4 is 23.3 Å². The molecule has 2 aromatic heterocycles. The third-order valence-corrected chi connectivity index (χ3v) is 7.45. The Bertz CT molecular complexity index is 1180. The van der Waals surface area contributed by atoms with Crippen molar-refractivity contribution in [2.24, 2.45) is 5.92 Å². The van der Waals surface area contributed by atoms with Crippen molar-refractivity contribution in [1.29, 1.82) is 0 Å². The summed E-state index contributed by atoms with van der Waals surface area (Å²) in [7, 11) is 2.22. The number of halogens is 1. The molecule has 5 heteroatoms. The Hall–Kier alpha value is -2.69. The first-order valence-electron chi connectivity index (χ1n) is 11.7. The molecule has 0 bridgehead atoms. The molecule has 3 aromatic rings. The van der Waals surface area contributed by atoms with E-state index in [1.54, 1.807) is 0 Å². The van der Waals surface area contributed by atoms with Gasteiger partial charge in [0, 0.05) is 35.1 Å². The first-order valence-corrected chi connectivity index (χ1v) is 12.1. The maximum absolute atomic E-state index is 6.48. The van der Waals surface area contributed by atoms with Gasteiger partial charge in [0.15, 0.2) is 0 Å². The van der Waals surface area contributed by atoms with Gasteiger partial charge in [0.05, 0.1) is 17.6 Å². The van der Waals surface area contributed by atoms with Crippen molar-refractivity contribution in [3.05, 3.63) is 94.8 Å². The van der Waals surface area contributed by atoms with Gasteiger partial charge in [0.1, 0.15) is 0 Å². The van der Waals surface area contributed by atoms with Crippen LogP contribution < -0.4 is 0 Å². The lowest BCUT2D eigenvalue weighted by Crippen LogP contribution is -2.33. The SMILES string of the molecule is CN1CCC(C2c3ccc(Cl)cc3C=C(/C=C/C(C)(C)n3ccnc3)c3cccnc32)CC1. The second-order valence-corrected chi connectivity index (χ2v) is 10.3. The van der Waals surface area contributed by atoms with Crippen LogP contribution in [0.25, 0.3) is 11.6 Å². The van der Waals surface area contributed by atoms with Crippen LogP contribution in [0.5, 0.6) is 0 Å². The minimum Gasteiger partial charge on any atom is -0.328 e. The zero-order chi connectivity index (χ0) is 23.0. The maximum Gasteiger partial charge on any atom is 0.0953 e. The highest BCUT2D eigenvalue weighted by atomic mass is 35.5. The average molecular weight is 459 g/mol. The molecular formula is C28H31ClN4. The fraction of sp³-hybridized carbons (Fsp3) is 0.357. The summed E-state index contributed by atoms with van der Waals surface area (Å²) >= 11 is 6.48. The molecule has 170 valence electrons. The highest BCUT2D eigenvalue weighted by Crippen LogP contribution is 2.45. The number of fused-ring (bicyclic) bond motifs is 2. The summed E-state index contributed by atoms with van der Waals surface area (Å²) in [4.78, 5) is 11.6. The molecule has 0 spiro atoms. The molecule has 1 aliphatic carbocycles. The standard InChI is InChI=1S/C28H31ClN4/c1-28(2,33-16-13-30-19-33)11-8-21-17-22-18-23(29)6-7-24(22)26(20-9-14-32(3)15-10-20)27-25(21)5-4-12-31-27/h4-8,11-13,16-20,26H,9-10,14-15H2,1-3H3/b11-8+. The number of rotatable bonds is 4. The molecule has 5 rings (SSSR count). The number of piperidine rings is 1. The lowest BCUT2D eigenvalue weighted by molar-refractivity contribution is 0.206. The number of hydrogen-bond donors (Lipinski definition) is 0. The van der Waals surface area contributed by atoms with Crippen LogP contribution in [0, 0.1) is 5.92 Å². The molecule has 1 aromatic carbocycles. The van der Waals surface area contributed by atoms with Crippen molar-refractivity contribution in [3.8, 4) is 0 Å². The van der Waals surface area contributed by atoms with E-state index in [-0.39, 0.29) is 11.5 Å². The third-order valence-electron chi connectivity index (χ3n) is 7.21. The van der Waals surface area contributed by atoms with E-state index in [0.717, 1.165) is 18.1 Å². The van der Waals surface area contributed by atoms with Gasteiger partial charge in [-0.1, -0.05) is 35.9 Å². The Morgan fingerprint density at radius 3 is 2.70 bits per heavy atom. The number of aromatic nitrogens is 3. The van der Waals surface area contributed by atoms with Crippen LogP contribution in [0.2, 0.25) is 5.02 Å². The highest BCUT2D eigenvalue weighted by molar-refractivity contribution is 6.30. The van der Waals surface area contributed by atoms with Crippen LogP contribution in [-0.4, -0.2) is 39.6 Å². The molecule has 1 atom stereocenters. The molecule has 33 heavy (non-hydrogen) atoms. The van der Waals surface area contributed by atoms with Crippen LogP contribution in [0.1, 0.15) is 55.0 Å². The molecule has 2 aliphatic rings.